The fourth-order valence-corrected chi connectivity index (χ4v) is 11.2. The van der Waals surface area contributed by atoms with E-state index in [2.05, 4.69) is 27.1 Å². The molecule has 0 atom stereocenters. The van der Waals surface area contributed by atoms with Crippen LogP contribution in [0.25, 0.3) is 72.3 Å². The first kappa shape index (κ1) is 28.8. The molecule has 442 valence electrons. The summed E-state index contributed by atoms with van der Waals surface area (Å²) in [6.07, 6.45) is -14.4. The Labute approximate surface area is 570 Å². The molecule has 13 rings (SSSR count). The number of rotatable bonds is 8. The molecule has 4 heterocycles. The van der Waals surface area contributed by atoms with Crippen LogP contribution in [-0.2, 0) is 37.9 Å². The van der Waals surface area contributed by atoms with E-state index in [0.29, 0.717) is 40.0 Å². The van der Waals surface area contributed by atoms with Gasteiger partial charge in [0.25, 0.3) is 6.33 Å². The molecule has 0 N–H and O–H groups in total. The average Bonchev–Trinajstić information content (AvgIpc) is 0.774. The number of aromatic nitrogens is 6. The summed E-state index contributed by atoms with van der Waals surface area (Å²) in [5.41, 5.74) is -29.4. The standard InChI is InChI=1S/C80H87N7/c1-74(2,3)53-38-43-81-70(46-53)87-65-29-19-18-26-59(65)60-35-34-56(48-68(60)87)86(71-49-69(75(4,5)6)82-73(83-71)76(7,8)9)55-25-22-24-54(47-55)84-50-85(67-31-21-20-30-66(67)84)72-57(51-32-36-61-63(44-51)79(14,15)41-39-77(61,10)11)27-23-28-58(72)52-33-37-62-64(45-52)80(16,17)42-40-78(62,12)13/h18-38,43-49H,39-42H2,1-17H3/i10D3,11D3,12D3,13D3,14D3,15D3,16D3,17D3,32D,33D,36D,37D,39D2,40D2,41D2,42D2,44D,45D. The summed E-state index contributed by atoms with van der Waals surface area (Å²) in [6, 6.07) is 24.2. The van der Waals surface area contributed by atoms with Gasteiger partial charge in [0.15, 0.2) is 0 Å². The van der Waals surface area contributed by atoms with Gasteiger partial charge in [-0.2, -0.15) is 0 Å². The van der Waals surface area contributed by atoms with Crippen LogP contribution >= 0.6 is 0 Å². The zero-order chi connectivity index (χ0) is 93.9. The zero-order valence-corrected chi connectivity index (χ0v) is 49.3. The summed E-state index contributed by atoms with van der Waals surface area (Å²) in [5.74, 6) is 1.36. The summed E-state index contributed by atoms with van der Waals surface area (Å²) in [7, 11) is 0. The number of imidazole rings is 1. The molecule has 0 spiro atoms. The number of hydrogen-bond acceptors (Lipinski definition) is 4. The summed E-state index contributed by atoms with van der Waals surface area (Å²) < 4.78 is 361. The van der Waals surface area contributed by atoms with Gasteiger partial charge in [-0.1, -0.05) is 226 Å². The Morgan fingerprint density at radius 1 is 0.540 bits per heavy atom. The summed E-state index contributed by atoms with van der Waals surface area (Å²) in [4.78, 5) is 17.2. The van der Waals surface area contributed by atoms with Crippen molar-refractivity contribution in [1.82, 2.24) is 24.1 Å². The average molecular weight is 1180 g/mol. The number of nitrogens with zero attached hydrogens (tertiary/aromatic N) is 7. The molecule has 2 aliphatic carbocycles. The predicted molar refractivity (Wildman–Crippen MR) is 364 cm³/mol. The molecule has 11 aromatic rings. The van der Waals surface area contributed by atoms with Crippen LogP contribution in [-0.4, -0.2) is 24.1 Å². The Bertz CT molecular complexity index is 5970. The van der Waals surface area contributed by atoms with Gasteiger partial charge < -0.3 is 0 Å². The Morgan fingerprint density at radius 3 is 1.72 bits per heavy atom. The number of pyridine rings is 1. The Morgan fingerprint density at radius 2 is 1.11 bits per heavy atom. The molecular weight excluding hydrogens is 1060 g/mol. The Balaban J connectivity index is 1.24. The molecule has 0 aliphatic heterocycles. The lowest BCUT2D eigenvalue weighted by Gasteiger charge is -2.42. The van der Waals surface area contributed by atoms with Gasteiger partial charge in [-0.25, -0.2) is 15.0 Å². The van der Waals surface area contributed by atoms with Crippen molar-refractivity contribution in [3.63, 3.8) is 0 Å². The lowest BCUT2D eigenvalue weighted by Crippen LogP contribution is -2.34. The molecular formula is C80H87N7. The third kappa shape index (κ3) is 10.1. The van der Waals surface area contributed by atoms with Gasteiger partial charge in [0, 0.05) is 89.1 Å². The van der Waals surface area contributed by atoms with Gasteiger partial charge in [-0.3, -0.25) is 18.6 Å². The van der Waals surface area contributed by atoms with Crippen LogP contribution in [0.3, 0.4) is 0 Å². The Kier molecular flexibility index (Phi) is 6.68. The topological polar surface area (TPSA) is 55.6 Å². The molecule has 0 amide bonds. The van der Waals surface area contributed by atoms with Crippen molar-refractivity contribution in [2.45, 2.75) is 181 Å². The van der Waals surface area contributed by atoms with Crippen molar-refractivity contribution in [2.75, 3.05) is 4.90 Å². The van der Waals surface area contributed by atoms with Gasteiger partial charge in [0.1, 0.15) is 17.5 Å². The maximum absolute atomic E-state index is 10.6. The van der Waals surface area contributed by atoms with Gasteiger partial charge in [-0.15, -0.1) is 0 Å². The fraction of sp³-hybridized carbons (Fsp3) is 0.350. The van der Waals surface area contributed by atoms with E-state index in [0.717, 1.165) is 44.6 Å². The smallest absolute Gasteiger partial charge is 0.269 e. The van der Waals surface area contributed by atoms with Gasteiger partial charge in [-0.05, 0) is 151 Å². The number of hydrogen-bond donors (Lipinski definition) is 0. The van der Waals surface area contributed by atoms with Crippen molar-refractivity contribution in [1.29, 1.82) is 0 Å². The van der Waals surface area contributed by atoms with Gasteiger partial charge in [0.05, 0.1) is 47.4 Å². The maximum Gasteiger partial charge on any atom is 0.269 e. The number of para-hydroxylation sites is 4. The molecule has 0 unspecified atom stereocenters. The minimum absolute atomic E-state index is 0.0476. The maximum atomic E-state index is 10.6. The SMILES string of the molecule is [2H]c1c([2H])c2c(c([2H])c1-c1cccc(-c3c([2H])c([2H])c4c(c3[2H])C(C([2H])([2H])[2H])(C([2H])([2H])[2H])C([2H])([2H])C([2H])([2H])C4(C([2H])([2H])[2H])C([2H])([2H])[2H])c1-[n+]1[c-]n(-c3cccc(N(c4ccc5c6ccccc6n(-c6cc(C(C)(C)C)ccn6)c5c4)c4cc(C(C)(C)C)nc(C(C)(C)C)n4)c3)c3ccccc31)C(C([2H])([2H])[2H])(C([2H])([2H])[2H])C([2H])([2H])C([2H])([2H])C2(C([2H])([2H])[2H])C([2H])([2H])[2H]. The van der Waals surface area contributed by atoms with E-state index in [-0.39, 0.29) is 22.1 Å². The first-order chi connectivity index (χ1) is 56.6. The molecule has 87 heavy (non-hydrogen) atoms. The van der Waals surface area contributed by atoms with Crippen LogP contribution in [0.2, 0.25) is 0 Å². The van der Waals surface area contributed by atoms with Crippen LogP contribution in [0.15, 0.2) is 170 Å². The lowest BCUT2D eigenvalue weighted by atomic mass is 9.62. The molecule has 0 bridgehead atoms. The van der Waals surface area contributed by atoms with E-state index in [1.54, 1.807) is 30.5 Å². The molecule has 7 nitrogen and oxygen atoms in total. The Hall–Kier alpha value is -8.16. The second-order valence-electron chi connectivity index (χ2n) is 25.5. The van der Waals surface area contributed by atoms with Gasteiger partial charge in [0.2, 0.25) is 0 Å². The fourth-order valence-electron chi connectivity index (χ4n) is 11.2. The van der Waals surface area contributed by atoms with Gasteiger partial charge >= 0.3 is 0 Å². The molecule has 2 aliphatic rings. The largest absolute Gasteiger partial charge is 0.295 e. The monoisotopic (exact) mass is 1180 g/mol. The van der Waals surface area contributed by atoms with Crippen LogP contribution < -0.4 is 9.47 Å². The molecule has 0 saturated carbocycles. The molecule has 7 heteroatoms. The van der Waals surface area contributed by atoms with Crippen molar-refractivity contribution in [3.8, 4) is 39.4 Å². The molecule has 0 saturated heterocycles. The number of anilines is 3. The second-order valence-corrected chi connectivity index (χ2v) is 25.5. The molecule has 7 aromatic carbocycles. The lowest BCUT2D eigenvalue weighted by molar-refractivity contribution is -0.571. The number of fused-ring (bicyclic) bond motifs is 6. The predicted octanol–water partition coefficient (Wildman–Crippen LogP) is 20.4. The molecule has 4 aromatic heterocycles. The van der Waals surface area contributed by atoms with E-state index in [9.17, 15) is 35.6 Å². The molecule has 0 fully saturated rings. The zero-order valence-electron chi connectivity index (χ0n) is 87.3. The summed E-state index contributed by atoms with van der Waals surface area (Å²) in [5, 5.41) is 1.71. The second kappa shape index (κ2) is 20.2. The highest BCUT2D eigenvalue weighted by molar-refractivity contribution is 6.10. The summed E-state index contributed by atoms with van der Waals surface area (Å²) in [6.45, 7) is -18.5. The van der Waals surface area contributed by atoms with E-state index >= 15 is 0 Å². The van der Waals surface area contributed by atoms with E-state index in [1.807, 2.05) is 112 Å². The van der Waals surface area contributed by atoms with Crippen LogP contribution in [0.1, 0.15) is 234 Å². The third-order valence-corrected chi connectivity index (χ3v) is 15.8. The van der Waals surface area contributed by atoms with Crippen molar-refractivity contribution in [3.05, 3.63) is 216 Å². The quantitative estimate of drug-likeness (QED) is 0.112. The highest BCUT2D eigenvalue weighted by Gasteiger charge is 2.39. The van der Waals surface area contributed by atoms with E-state index in [4.69, 9.17) is 31.4 Å². The van der Waals surface area contributed by atoms with E-state index < -0.39 is 199 Å². The first-order valence-electron chi connectivity index (χ1n) is 47.3. The van der Waals surface area contributed by atoms with Crippen LogP contribution in [0.4, 0.5) is 17.2 Å². The van der Waals surface area contributed by atoms with Crippen molar-refractivity contribution >= 4 is 50.0 Å². The van der Waals surface area contributed by atoms with Crippen molar-refractivity contribution < 1.29 is 56.7 Å². The van der Waals surface area contributed by atoms with Crippen LogP contribution in [0.5, 0.6) is 0 Å². The van der Waals surface area contributed by atoms with E-state index in [1.165, 1.54) is 28.8 Å². The molecule has 0 radical (unpaired) electrons. The summed E-state index contributed by atoms with van der Waals surface area (Å²) >= 11 is 0. The van der Waals surface area contributed by atoms with Crippen LogP contribution in [0, 0.1) is 6.33 Å². The minimum Gasteiger partial charge on any atom is -0.295 e. The van der Waals surface area contributed by atoms with Crippen molar-refractivity contribution in [2.24, 2.45) is 0 Å². The highest BCUT2D eigenvalue weighted by atomic mass is 15.2. The highest BCUT2D eigenvalue weighted by Crippen LogP contribution is 2.50. The third-order valence-electron chi connectivity index (χ3n) is 15.8. The normalized spacial score (nSPS) is 26.2. The first-order valence-corrected chi connectivity index (χ1v) is 28.3. The minimum atomic E-state index is -4.87. The number of benzene rings is 7.